The summed E-state index contributed by atoms with van der Waals surface area (Å²) < 4.78 is 12.3. The van der Waals surface area contributed by atoms with Gasteiger partial charge < -0.3 is 19.8 Å². The number of anilines is 1. The molecule has 33 heavy (non-hydrogen) atoms. The zero-order valence-electron chi connectivity index (χ0n) is 18.6. The number of benzene rings is 2. The van der Waals surface area contributed by atoms with Gasteiger partial charge in [0.2, 0.25) is 5.91 Å². The van der Waals surface area contributed by atoms with Crippen LogP contribution in [0.1, 0.15) is 40.4 Å². The lowest BCUT2D eigenvalue weighted by molar-refractivity contribution is -0.116. The number of amides is 1. The number of aryl methyl sites for hydroxylation is 2. The van der Waals surface area contributed by atoms with Crippen LogP contribution in [0.15, 0.2) is 42.6 Å². The van der Waals surface area contributed by atoms with E-state index in [1.54, 1.807) is 6.20 Å². The molecule has 4 aromatic rings. The monoisotopic (exact) mass is 440 g/mol. The third kappa shape index (κ3) is 3.59. The van der Waals surface area contributed by atoms with E-state index in [0.717, 1.165) is 51.7 Å². The molecule has 2 aliphatic rings. The van der Waals surface area contributed by atoms with Gasteiger partial charge >= 0.3 is 0 Å². The van der Waals surface area contributed by atoms with Crippen molar-refractivity contribution >= 4 is 22.8 Å². The van der Waals surface area contributed by atoms with Crippen molar-refractivity contribution in [2.75, 3.05) is 11.9 Å². The number of hydrogen-bond donors (Lipinski definition) is 2. The number of H-pyrrole nitrogens is 1. The van der Waals surface area contributed by atoms with E-state index in [0.29, 0.717) is 25.3 Å². The van der Waals surface area contributed by atoms with Crippen molar-refractivity contribution in [2.45, 2.75) is 39.0 Å². The molecule has 0 radical (unpaired) electrons. The molecule has 1 unspecified atom stereocenters. The normalized spacial score (nSPS) is 17.2. The first-order valence-electron chi connectivity index (χ1n) is 11.2. The third-order valence-electron chi connectivity index (χ3n) is 6.54. The van der Waals surface area contributed by atoms with Crippen LogP contribution in [0, 0.1) is 13.8 Å². The molecule has 4 heterocycles. The summed E-state index contributed by atoms with van der Waals surface area (Å²) in [6.07, 6.45) is 3.52. The molecule has 0 spiro atoms. The lowest BCUT2D eigenvalue weighted by Gasteiger charge is -2.25. The van der Waals surface area contributed by atoms with E-state index in [-0.39, 0.29) is 11.8 Å². The first-order chi connectivity index (χ1) is 16.0. The highest BCUT2D eigenvalue weighted by molar-refractivity contribution is 5.93. The average molecular weight is 441 g/mol. The quantitative estimate of drug-likeness (QED) is 0.470. The van der Waals surface area contributed by atoms with Gasteiger partial charge in [-0.05, 0) is 79.8 Å². The summed E-state index contributed by atoms with van der Waals surface area (Å²) in [5.74, 6) is 4.00. The predicted molar refractivity (Wildman–Crippen MR) is 125 cm³/mol. The summed E-state index contributed by atoms with van der Waals surface area (Å²) in [5.41, 5.74) is 6.56. The molecule has 6 rings (SSSR count). The zero-order chi connectivity index (χ0) is 22.5. The molecule has 166 valence electrons. The molecule has 2 aromatic heterocycles. The van der Waals surface area contributed by atoms with Gasteiger partial charge in [0.1, 0.15) is 28.9 Å². The molecule has 0 aliphatic carbocycles. The molecule has 0 bridgehead atoms. The number of rotatable bonds is 3. The number of imidazole rings is 1. The van der Waals surface area contributed by atoms with Gasteiger partial charge in [-0.1, -0.05) is 0 Å². The largest absolute Gasteiger partial charge is 0.493 e. The van der Waals surface area contributed by atoms with Crippen LogP contribution in [0.3, 0.4) is 0 Å². The Labute approximate surface area is 191 Å². The van der Waals surface area contributed by atoms with Crippen molar-refractivity contribution in [1.29, 1.82) is 0 Å². The van der Waals surface area contributed by atoms with E-state index in [9.17, 15) is 4.79 Å². The summed E-state index contributed by atoms with van der Waals surface area (Å²) in [5, 5.41) is 2.82. The number of aromatic nitrogens is 3. The Kier molecular flexibility index (Phi) is 4.57. The third-order valence-corrected chi connectivity index (χ3v) is 6.54. The fourth-order valence-electron chi connectivity index (χ4n) is 4.57. The lowest BCUT2D eigenvalue weighted by Crippen LogP contribution is -2.20. The first kappa shape index (κ1) is 19.8. The maximum Gasteiger partial charge on any atom is 0.225 e. The van der Waals surface area contributed by atoms with Crippen LogP contribution in [-0.4, -0.2) is 27.5 Å². The minimum absolute atomic E-state index is 0.0139. The Hall–Kier alpha value is -3.87. The predicted octanol–water partition coefficient (Wildman–Crippen LogP) is 4.97. The van der Waals surface area contributed by atoms with Gasteiger partial charge in [0.05, 0.1) is 23.6 Å². The molecule has 2 N–H and O–H groups in total. The minimum Gasteiger partial charge on any atom is -0.493 e. The van der Waals surface area contributed by atoms with Gasteiger partial charge in [-0.3, -0.25) is 4.79 Å². The highest BCUT2D eigenvalue weighted by atomic mass is 16.5. The van der Waals surface area contributed by atoms with E-state index in [1.807, 2.05) is 24.3 Å². The van der Waals surface area contributed by atoms with Crippen LogP contribution in [0.5, 0.6) is 17.2 Å². The number of nitrogens with zero attached hydrogens (tertiary/aromatic N) is 2. The standard InChI is InChI=1S/C26H24N4O3/c1-14-9-20-21(10-15(14)2)29-25(28-20)17-11-16-12-18(3-5-22(16)32-13-17)33-23-7-8-27-26-19(23)4-6-24(31)30-26/h3,5,7-10,12,17H,4,6,11,13H2,1-2H3,(H,28,29)(H,27,30,31). The van der Waals surface area contributed by atoms with Gasteiger partial charge in [-0.2, -0.15) is 0 Å². The Morgan fingerprint density at radius 1 is 1.09 bits per heavy atom. The maximum absolute atomic E-state index is 11.7. The van der Waals surface area contributed by atoms with Crippen LogP contribution in [-0.2, 0) is 17.6 Å². The van der Waals surface area contributed by atoms with Crippen LogP contribution < -0.4 is 14.8 Å². The zero-order valence-corrected chi connectivity index (χ0v) is 18.6. The molecule has 1 amide bonds. The SMILES string of the molecule is Cc1cc2nc(C3COc4ccc(Oc5ccnc6c5CCC(=O)N6)cc4C3)[nH]c2cc1C. The molecule has 2 aliphatic heterocycles. The highest BCUT2D eigenvalue weighted by Gasteiger charge is 2.25. The number of carbonyl (C=O) groups excluding carboxylic acids is 1. The number of ether oxygens (including phenoxy) is 2. The van der Waals surface area contributed by atoms with E-state index < -0.39 is 0 Å². The summed E-state index contributed by atoms with van der Waals surface area (Å²) in [6.45, 7) is 4.81. The van der Waals surface area contributed by atoms with Gasteiger partial charge in [-0.15, -0.1) is 0 Å². The van der Waals surface area contributed by atoms with Gasteiger partial charge in [0, 0.05) is 18.2 Å². The van der Waals surface area contributed by atoms with E-state index in [4.69, 9.17) is 14.5 Å². The van der Waals surface area contributed by atoms with E-state index in [1.165, 1.54) is 11.1 Å². The van der Waals surface area contributed by atoms with Crippen LogP contribution >= 0.6 is 0 Å². The summed E-state index contributed by atoms with van der Waals surface area (Å²) in [7, 11) is 0. The fraction of sp³-hybridized carbons (Fsp3) is 0.269. The number of carbonyl (C=O) groups is 1. The molecule has 0 saturated heterocycles. The second-order valence-electron chi connectivity index (χ2n) is 8.84. The molecule has 1 atom stereocenters. The number of nitrogens with one attached hydrogen (secondary N) is 2. The van der Waals surface area contributed by atoms with Crippen molar-refractivity contribution in [3.8, 4) is 17.2 Å². The number of hydrogen-bond acceptors (Lipinski definition) is 5. The lowest BCUT2D eigenvalue weighted by atomic mass is 9.96. The molecule has 7 nitrogen and oxygen atoms in total. The van der Waals surface area contributed by atoms with Crippen LogP contribution in [0.2, 0.25) is 0 Å². The highest BCUT2D eigenvalue weighted by Crippen LogP contribution is 2.37. The minimum atomic E-state index is -0.0139. The van der Waals surface area contributed by atoms with Gasteiger partial charge in [0.25, 0.3) is 0 Å². The molecular formula is C26H24N4O3. The first-order valence-corrected chi connectivity index (χ1v) is 11.2. The van der Waals surface area contributed by atoms with Crippen molar-refractivity contribution in [3.63, 3.8) is 0 Å². The van der Waals surface area contributed by atoms with Crippen molar-refractivity contribution in [1.82, 2.24) is 15.0 Å². The van der Waals surface area contributed by atoms with Gasteiger partial charge in [0.15, 0.2) is 0 Å². The fourth-order valence-corrected chi connectivity index (χ4v) is 4.57. The second kappa shape index (κ2) is 7.62. The Morgan fingerprint density at radius 2 is 1.97 bits per heavy atom. The van der Waals surface area contributed by atoms with Crippen molar-refractivity contribution < 1.29 is 14.3 Å². The maximum atomic E-state index is 11.7. The van der Waals surface area contributed by atoms with E-state index in [2.05, 4.69) is 41.3 Å². The van der Waals surface area contributed by atoms with Crippen LogP contribution in [0.4, 0.5) is 5.82 Å². The molecule has 2 aromatic carbocycles. The molecule has 0 fully saturated rings. The van der Waals surface area contributed by atoms with Crippen LogP contribution in [0.25, 0.3) is 11.0 Å². The Morgan fingerprint density at radius 3 is 2.88 bits per heavy atom. The number of aromatic amines is 1. The smallest absolute Gasteiger partial charge is 0.225 e. The van der Waals surface area contributed by atoms with Crippen molar-refractivity contribution in [3.05, 3.63) is 70.7 Å². The number of fused-ring (bicyclic) bond motifs is 3. The molecule has 0 saturated carbocycles. The van der Waals surface area contributed by atoms with Gasteiger partial charge in [-0.25, -0.2) is 9.97 Å². The summed E-state index contributed by atoms with van der Waals surface area (Å²) in [6, 6.07) is 12.0. The summed E-state index contributed by atoms with van der Waals surface area (Å²) in [4.78, 5) is 24.3. The molecular weight excluding hydrogens is 416 g/mol. The van der Waals surface area contributed by atoms with Crippen molar-refractivity contribution in [2.24, 2.45) is 0 Å². The molecule has 7 heteroatoms. The number of pyridine rings is 1. The Bertz CT molecular complexity index is 1370. The summed E-state index contributed by atoms with van der Waals surface area (Å²) >= 11 is 0. The average Bonchev–Trinajstić information content (AvgIpc) is 3.21. The second-order valence-corrected chi connectivity index (χ2v) is 8.84. The Balaban J connectivity index is 1.26. The van der Waals surface area contributed by atoms with E-state index >= 15 is 0 Å². The topological polar surface area (TPSA) is 89.1 Å².